The van der Waals surface area contributed by atoms with E-state index in [9.17, 15) is 31.1 Å². The van der Waals surface area contributed by atoms with Crippen LogP contribution in [0.25, 0.3) is 22.4 Å². The number of carbonyl (C=O) groups is 1. The molecule has 0 spiro atoms. The van der Waals surface area contributed by atoms with Gasteiger partial charge in [0.25, 0.3) is 0 Å². The maximum Gasteiger partial charge on any atom is 0.514 e. The molecule has 0 N–H and O–H groups in total. The number of nitrogens with zero attached hydrogens (tertiary/aromatic N) is 2. The van der Waals surface area contributed by atoms with Gasteiger partial charge in [0, 0.05) is 17.6 Å². The highest BCUT2D eigenvalue weighted by Crippen LogP contribution is 2.48. The minimum Gasteiger partial charge on any atom is -0.488 e. The predicted molar refractivity (Wildman–Crippen MR) is 147 cm³/mol. The Morgan fingerprint density at radius 2 is 1.67 bits per heavy atom. The Morgan fingerprint density at radius 3 is 2.28 bits per heavy atom. The highest BCUT2D eigenvalue weighted by atomic mass is 35.5. The lowest BCUT2D eigenvalue weighted by molar-refractivity contribution is -0.141. The first-order valence-corrected chi connectivity index (χ1v) is 12.9. The molecule has 4 rings (SSSR count). The molecule has 0 bridgehead atoms. The summed E-state index contributed by atoms with van der Waals surface area (Å²) in [7, 11) is 1.22. The highest BCUT2D eigenvalue weighted by Gasteiger charge is 2.36. The third kappa shape index (κ3) is 7.44. The van der Waals surface area contributed by atoms with Crippen LogP contribution in [0.4, 0.5) is 31.1 Å². The monoisotopic (exact) mass is 644 g/mol. The number of hydrogen-bond donors (Lipinski definition) is 0. The van der Waals surface area contributed by atoms with E-state index in [1.54, 1.807) is 24.3 Å². The molecular weight excluding hydrogens is 625 g/mol. The molecule has 0 aliphatic heterocycles. The number of aromatic nitrogens is 2. The molecule has 0 atom stereocenters. The zero-order valence-electron chi connectivity index (χ0n) is 22.0. The van der Waals surface area contributed by atoms with Crippen LogP contribution in [0.2, 0.25) is 10.0 Å². The quantitative estimate of drug-likeness (QED) is 0.0827. The molecule has 43 heavy (non-hydrogen) atoms. The van der Waals surface area contributed by atoms with Gasteiger partial charge < -0.3 is 14.2 Å². The van der Waals surface area contributed by atoms with Crippen molar-refractivity contribution in [3.05, 3.63) is 100 Å². The van der Waals surface area contributed by atoms with Gasteiger partial charge in [-0.2, -0.15) is 31.4 Å². The van der Waals surface area contributed by atoms with Crippen molar-refractivity contribution >= 4 is 29.4 Å². The van der Waals surface area contributed by atoms with Gasteiger partial charge in [-0.05, 0) is 53.6 Å². The summed E-state index contributed by atoms with van der Waals surface area (Å²) in [6.45, 7) is 3.03. The van der Waals surface area contributed by atoms with Crippen LogP contribution in [0.1, 0.15) is 16.8 Å². The molecule has 0 aliphatic carbocycles. The molecule has 0 unspecified atom stereocenters. The average molecular weight is 645 g/mol. The molecule has 4 aromatic rings. The van der Waals surface area contributed by atoms with Gasteiger partial charge in [0.2, 0.25) is 0 Å². The first kappa shape index (κ1) is 31.8. The Morgan fingerprint density at radius 1 is 0.977 bits per heavy atom. The molecule has 1 heterocycles. The van der Waals surface area contributed by atoms with Gasteiger partial charge in [0.1, 0.15) is 19.0 Å². The molecule has 6 nitrogen and oxygen atoms in total. The summed E-state index contributed by atoms with van der Waals surface area (Å²) in [6.07, 6.45) is -9.76. The first-order valence-electron chi connectivity index (χ1n) is 12.2. The number of benzene rings is 3. The Hall–Kier alpha value is -4.16. The summed E-state index contributed by atoms with van der Waals surface area (Å²) in [5.74, 6) is -0.520. The van der Waals surface area contributed by atoms with Crippen LogP contribution in [-0.4, -0.2) is 22.5 Å². The van der Waals surface area contributed by atoms with E-state index in [0.717, 1.165) is 10.7 Å². The van der Waals surface area contributed by atoms with Crippen LogP contribution in [0, 0.1) is 0 Å². The molecule has 0 fully saturated rings. The van der Waals surface area contributed by atoms with Crippen molar-refractivity contribution in [1.82, 2.24) is 9.78 Å². The van der Waals surface area contributed by atoms with Crippen LogP contribution >= 0.6 is 23.2 Å². The van der Waals surface area contributed by atoms with Crippen molar-refractivity contribution in [1.29, 1.82) is 0 Å². The highest BCUT2D eigenvalue weighted by molar-refractivity contribution is 6.31. The number of aryl methyl sites for hydroxylation is 1. The van der Waals surface area contributed by atoms with Gasteiger partial charge in [-0.3, -0.25) is 4.68 Å². The molecule has 0 saturated carbocycles. The van der Waals surface area contributed by atoms with Gasteiger partial charge in [0.15, 0.2) is 11.4 Å². The van der Waals surface area contributed by atoms with Gasteiger partial charge in [-0.1, -0.05) is 54.1 Å². The average Bonchev–Trinajstić information content (AvgIpc) is 3.33. The normalized spacial score (nSPS) is 11.7. The van der Waals surface area contributed by atoms with Crippen molar-refractivity contribution in [2.75, 3.05) is 6.61 Å². The number of carbonyl (C=O) groups excluding carboxylic acids is 1. The summed E-state index contributed by atoms with van der Waals surface area (Å²) in [5.41, 5.74) is -2.50. The second kappa shape index (κ2) is 12.6. The Balaban J connectivity index is 1.98. The van der Waals surface area contributed by atoms with Crippen molar-refractivity contribution in [2.45, 2.75) is 19.0 Å². The number of hydrogen-bond acceptors (Lipinski definition) is 5. The second-order valence-corrected chi connectivity index (χ2v) is 9.75. The van der Waals surface area contributed by atoms with Crippen molar-refractivity contribution in [3.63, 3.8) is 0 Å². The standard InChI is InChI=1S/C29H20Cl2F6N2O4/c1-3-12-41-27(40)43-26-19(22-14-24(29(35,36)37)38-39(22)2)9-11-23(42-15-16-4-7-18(30)8-5-16)25(26)17-6-10-21(31)20(13-17)28(32,33)34/h3-11,13-14H,1,12,15H2,2H3. The Kier molecular flexibility index (Phi) is 9.31. The van der Waals surface area contributed by atoms with Crippen molar-refractivity contribution < 1.29 is 45.3 Å². The molecule has 3 aromatic carbocycles. The predicted octanol–water partition coefficient (Wildman–Crippen LogP) is 9.38. The van der Waals surface area contributed by atoms with Gasteiger partial charge in [-0.15, -0.1) is 0 Å². The van der Waals surface area contributed by atoms with E-state index < -0.39 is 40.5 Å². The SMILES string of the molecule is C=CCOC(=O)Oc1c(-c2cc(C(F)(F)F)nn2C)ccc(OCc2ccc(Cl)cc2)c1-c1ccc(Cl)c(C(F)(F)F)c1. The molecule has 1 aromatic heterocycles. The van der Waals surface area contributed by atoms with Gasteiger partial charge >= 0.3 is 18.5 Å². The van der Waals surface area contributed by atoms with Crippen LogP contribution in [0.3, 0.4) is 0 Å². The largest absolute Gasteiger partial charge is 0.514 e. The fourth-order valence-corrected chi connectivity index (χ4v) is 4.35. The third-order valence-corrected chi connectivity index (χ3v) is 6.52. The van der Waals surface area contributed by atoms with Crippen LogP contribution in [0.15, 0.2) is 73.3 Å². The maximum atomic E-state index is 13.8. The lowest BCUT2D eigenvalue weighted by Crippen LogP contribution is -2.13. The number of ether oxygens (including phenoxy) is 3. The van der Waals surface area contributed by atoms with Crippen LogP contribution in [-0.2, 0) is 30.7 Å². The van der Waals surface area contributed by atoms with E-state index in [2.05, 4.69) is 11.7 Å². The van der Waals surface area contributed by atoms with Crippen molar-refractivity contribution in [2.24, 2.45) is 7.05 Å². The molecule has 226 valence electrons. The number of halogens is 8. The maximum absolute atomic E-state index is 13.8. The van der Waals surface area contributed by atoms with E-state index in [1.165, 1.54) is 31.3 Å². The minimum atomic E-state index is -4.87. The summed E-state index contributed by atoms with van der Waals surface area (Å²) in [6, 6.07) is 12.7. The zero-order chi connectivity index (χ0) is 31.5. The fraction of sp³-hybridized carbons (Fsp3) is 0.172. The molecule has 0 aliphatic rings. The van der Waals surface area contributed by atoms with E-state index in [1.807, 2.05) is 0 Å². The summed E-state index contributed by atoms with van der Waals surface area (Å²) < 4.78 is 99.2. The van der Waals surface area contributed by atoms with E-state index >= 15 is 0 Å². The number of alkyl halides is 6. The Bertz CT molecular complexity index is 1650. The number of rotatable bonds is 8. The Labute approximate surface area is 251 Å². The third-order valence-electron chi connectivity index (χ3n) is 5.94. The zero-order valence-corrected chi connectivity index (χ0v) is 23.5. The summed E-state index contributed by atoms with van der Waals surface area (Å²) in [5, 5.41) is 3.34. The lowest BCUT2D eigenvalue weighted by Gasteiger charge is -2.20. The molecule has 14 heteroatoms. The van der Waals surface area contributed by atoms with E-state index in [0.29, 0.717) is 22.7 Å². The lowest BCUT2D eigenvalue weighted by atomic mass is 9.96. The first-order chi connectivity index (χ1) is 20.2. The molecule has 0 radical (unpaired) electrons. The van der Waals surface area contributed by atoms with Gasteiger partial charge in [-0.25, -0.2) is 4.79 Å². The topological polar surface area (TPSA) is 62.6 Å². The molecule has 0 saturated heterocycles. The smallest absolute Gasteiger partial charge is 0.488 e. The summed E-state index contributed by atoms with van der Waals surface area (Å²) in [4.78, 5) is 12.6. The van der Waals surface area contributed by atoms with Crippen LogP contribution in [0.5, 0.6) is 11.5 Å². The van der Waals surface area contributed by atoms with Gasteiger partial charge in [0.05, 0.1) is 21.8 Å². The van der Waals surface area contributed by atoms with Crippen LogP contribution < -0.4 is 9.47 Å². The fourth-order valence-electron chi connectivity index (χ4n) is 4.00. The minimum absolute atomic E-state index is 0.0705. The summed E-state index contributed by atoms with van der Waals surface area (Å²) >= 11 is 11.8. The van der Waals surface area contributed by atoms with E-state index in [-0.39, 0.29) is 41.3 Å². The molecular formula is C29H20Cl2F6N2O4. The van der Waals surface area contributed by atoms with Crippen molar-refractivity contribution in [3.8, 4) is 33.9 Å². The molecule has 0 amide bonds. The second-order valence-electron chi connectivity index (χ2n) is 8.91. The van der Waals surface area contributed by atoms with E-state index in [4.69, 9.17) is 37.4 Å².